The van der Waals surface area contributed by atoms with E-state index in [-0.39, 0.29) is 37.5 Å². The highest BCUT2D eigenvalue weighted by Crippen LogP contribution is 2.29. The monoisotopic (exact) mass is 741 g/mol. The van der Waals surface area contributed by atoms with Crippen molar-refractivity contribution in [3.63, 3.8) is 0 Å². The molecule has 2 aliphatic rings. The van der Waals surface area contributed by atoms with Gasteiger partial charge in [0.25, 0.3) is 0 Å². The van der Waals surface area contributed by atoms with Crippen LogP contribution in [0.5, 0.6) is 5.75 Å². The van der Waals surface area contributed by atoms with Crippen molar-refractivity contribution in [1.82, 2.24) is 25.8 Å². The first kappa shape index (κ1) is 41.2. The van der Waals surface area contributed by atoms with E-state index in [1.807, 2.05) is 29.6 Å². The van der Waals surface area contributed by atoms with Crippen LogP contribution < -0.4 is 20.7 Å². The van der Waals surface area contributed by atoms with Crippen LogP contribution in [0.1, 0.15) is 89.3 Å². The zero-order chi connectivity index (χ0) is 37.3. The second kappa shape index (κ2) is 21.9. The number of hydrogen-bond acceptors (Lipinski definition) is 9. The lowest BCUT2D eigenvalue weighted by Gasteiger charge is -2.32. The summed E-state index contributed by atoms with van der Waals surface area (Å²) >= 11 is 1.40. The van der Waals surface area contributed by atoms with E-state index in [9.17, 15) is 24.3 Å². The second-order valence-corrected chi connectivity index (χ2v) is 15.1. The van der Waals surface area contributed by atoms with Crippen LogP contribution in [0.3, 0.4) is 0 Å². The van der Waals surface area contributed by atoms with Gasteiger partial charge in [-0.1, -0.05) is 64.5 Å². The summed E-state index contributed by atoms with van der Waals surface area (Å²) < 4.78 is 10.7. The molecule has 288 valence electrons. The number of unbranched alkanes of at least 4 members (excludes halogenated alkanes) is 1. The number of nitrogens with zero attached hydrogens (tertiary/aromatic N) is 2. The van der Waals surface area contributed by atoms with Gasteiger partial charge in [-0.15, -0.1) is 11.3 Å². The minimum Gasteiger partial charge on any atom is -0.497 e. The Morgan fingerprint density at radius 1 is 1.02 bits per heavy atom. The molecule has 12 nitrogen and oxygen atoms in total. The fraction of sp³-hybridized carbons (Fsp3) is 0.667. The van der Waals surface area contributed by atoms with Crippen LogP contribution in [0.15, 0.2) is 35.2 Å². The molecular formula is C39H59N5O7S. The fourth-order valence-electron chi connectivity index (χ4n) is 7.08. The zero-order valence-corrected chi connectivity index (χ0v) is 32.0. The predicted molar refractivity (Wildman–Crippen MR) is 201 cm³/mol. The van der Waals surface area contributed by atoms with Gasteiger partial charge in [0.1, 0.15) is 11.8 Å². The van der Waals surface area contributed by atoms with E-state index in [4.69, 9.17) is 9.47 Å². The van der Waals surface area contributed by atoms with E-state index >= 15 is 0 Å². The standard InChI is InChI=1S/C39H59N5O7S/c1-4-5-15-40-37(47)27(2)20-35(45)33(22-28-9-7-6-8-10-28)42-39(49)34(24-31-25-52-26-41-31)43-38(48)30(21-29-11-13-32(50-3)14-12-29)23-36(46)44-16-18-51-19-17-44/h11-14,25-28,30,33-35,45H,4-10,15-24H2,1-3H3,(H,40,47)(H,42,49)(H,43,48)/t27?,30?,33?,34-,35?/m0/s1. The van der Waals surface area contributed by atoms with E-state index < -0.39 is 41.8 Å². The largest absolute Gasteiger partial charge is 0.497 e. The van der Waals surface area contributed by atoms with Gasteiger partial charge in [-0.3, -0.25) is 19.2 Å². The summed E-state index contributed by atoms with van der Waals surface area (Å²) in [5.74, 6) is -1.24. The number of amides is 4. The number of benzene rings is 1. The van der Waals surface area contributed by atoms with Gasteiger partial charge in [-0.05, 0) is 49.3 Å². The predicted octanol–water partition coefficient (Wildman–Crippen LogP) is 4.05. The van der Waals surface area contributed by atoms with Gasteiger partial charge >= 0.3 is 0 Å². The molecule has 0 radical (unpaired) electrons. The van der Waals surface area contributed by atoms with Crippen LogP contribution in [0, 0.1) is 17.8 Å². The van der Waals surface area contributed by atoms with Crippen LogP contribution in [0.4, 0.5) is 0 Å². The summed E-state index contributed by atoms with van der Waals surface area (Å²) in [6, 6.07) is 5.79. The van der Waals surface area contributed by atoms with E-state index in [0.29, 0.717) is 56.6 Å². The van der Waals surface area contributed by atoms with Crippen LogP contribution in [-0.2, 0) is 36.8 Å². The quantitative estimate of drug-likeness (QED) is 0.148. The Morgan fingerprint density at radius 3 is 2.40 bits per heavy atom. The zero-order valence-electron chi connectivity index (χ0n) is 31.1. The molecule has 0 bridgehead atoms. The molecule has 2 aromatic rings. The molecule has 1 aliphatic carbocycles. The highest BCUT2D eigenvalue weighted by atomic mass is 32.1. The first-order valence-electron chi connectivity index (χ1n) is 19.1. The average Bonchev–Trinajstić information content (AvgIpc) is 3.68. The molecule has 2 fully saturated rings. The number of carbonyl (C=O) groups is 4. The van der Waals surface area contributed by atoms with Gasteiger partial charge in [0.05, 0.1) is 49.6 Å². The Kier molecular flexibility index (Phi) is 17.3. The number of aromatic nitrogens is 1. The molecule has 1 aromatic heterocycles. The number of aliphatic hydroxyl groups excluding tert-OH is 1. The van der Waals surface area contributed by atoms with E-state index in [1.165, 1.54) is 17.8 Å². The summed E-state index contributed by atoms with van der Waals surface area (Å²) in [7, 11) is 1.59. The van der Waals surface area contributed by atoms with Crippen LogP contribution in [-0.4, -0.2) is 96.8 Å². The van der Waals surface area contributed by atoms with Crippen molar-refractivity contribution in [1.29, 1.82) is 0 Å². The first-order valence-corrected chi connectivity index (χ1v) is 20.0. The normalized spacial score (nSPS) is 18.0. The minimum absolute atomic E-state index is 0.0237. The van der Waals surface area contributed by atoms with Crippen LogP contribution >= 0.6 is 11.3 Å². The van der Waals surface area contributed by atoms with E-state index in [0.717, 1.165) is 44.1 Å². The Labute approximate surface area is 312 Å². The Balaban J connectivity index is 1.53. The van der Waals surface area contributed by atoms with Crippen molar-refractivity contribution in [2.24, 2.45) is 17.8 Å². The molecular weight excluding hydrogens is 683 g/mol. The SMILES string of the molecule is CCCCNC(=O)C(C)CC(O)C(CC1CCCCC1)NC(=O)[C@H](Cc1cscn1)NC(=O)C(CC(=O)N1CCOCC1)Cc1ccc(OC)cc1. The third-order valence-electron chi connectivity index (χ3n) is 10.3. The molecule has 4 amide bonds. The number of nitrogens with one attached hydrogen (secondary N) is 3. The number of morpholine rings is 1. The Bertz CT molecular complexity index is 1380. The number of hydrogen-bond donors (Lipinski definition) is 4. The van der Waals surface area contributed by atoms with Crippen LogP contribution in [0.25, 0.3) is 0 Å². The van der Waals surface area contributed by atoms with Gasteiger partial charge in [-0.2, -0.15) is 0 Å². The lowest BCUT2D eigenvalue weighted by molar-refractivity contribution is -0.140. The molecule has 0 spiro atoms. The third-order valence-corrected chi connectivity index (χ3v) is 10.9. The molecule has 4 rings (SSSR count). The maximum absolute atomic E-state index is 14.2. The first-order chi connectivity index (χ1) is 25.2. The van der Waals surface area contributed by atoms with E-state index in [2.05, 4.69) is 27.9 Å². The van der Waals surface area contributed by atoms with Gasteiger partial charge in [0, 0.05) is 43.8 Å². The lowest BCUT2D eigenvalue weighted by Crippen LogP contribution is -2.55. The van der Waals surface area contributed by atoms with Gasteiger partial charge in [0.2, 0.25) is 23.6 Å². The van der Waals surface area contributed by atoms with Crippen molar-refractivity contribution >= 4 is 35.0 Å². The maximum atomic E-state index is 14.2. The topological polar surface area (TPSA) is 159 Å². The number of aliphatic hydroxyl groups is 1. The number of carbonyl (C=O) groups excluding carboxylic acids is 4. The number of methoxy groups -OCH3 is 1. The molecule has 52 heavy (non-hydrogen) atoms. The molecule has 13 heteroatoms. The van der Waals surface area contributed by atoms with Crippen molar-refractivity contribution in [3.05, 3.63) is 46.4 Å². The number of rotatable bonds is 20. The fourth-order valence-corrected chi connectivity index (χ4v) is 7.65. The van der Waals surface area contributed by atoms with Gasteiger partial charge in [0.15, 0.2) is 0 Å². The van der Waals surface area contributed by atoms with Gasteiger partial charge in [-0.25, -0.2) is 4.98 Å². The molecule has 2 heterocycles. The highest BCUT2D eigenvalue weighted by molar-refractivity contribution is 7.07. The summed E-state index contributed by atoms with van der Waals surface area (Å²) in [6.07, 6.45) is 7.55. The van der Waals surface area contributed by atoms with Gasteiger partial charge < -0.3 is 35.4 Å². The highest BCUT2D eigenvalue weighted by Gasteiger charge is 2.34. The molecule has 1 aromatic carbocycles. The smallest absolute Gasteiger partial charge is 0.243 e. The number of thiazole rings is 1. The summed E-state index contributed by atoms with van der Waals surface area (Å²) in [4.78, 5) is 60.7. The molecule has 5 atom stereocenters. The minimum atomic E-state index is -0.998. The van der Waals surface area contributed by atoms with Crippen molar-refractivity contribution < 1.29 is 33.8 Å². The maximum Gasteiger partial charge on any atom is 0.243 e. The van der Waals surface area contributed by atoms with E-state index in [1.54, 1.807) is 24.4 Å². The lowest BCUT2D eigenvalue weighted by atomic mass is 9.82. The number of ether oxygens (including phenoxy) is 2. The Morgan fingerprint density at radius 2 is 1.75 bits per heavy atom. The molecule has 1 saturated carbocycles. The van der Waals surface area contributed by atoms with Crippen molar-refractivity contribution in [2.75, 3.05) is 40.0 Å². The molecule has 1 aliphatic heterocycles. The summed E-state index contributed by atoms with van der Waals surface area (Å²) in [5.41, 5.74) is 3.20. The molecule has 4 N–H and O–H groups in total. The van der Waals surface area contributed by atoms with Crippen molar-refractivity contribution in [3.8, 4) is 5.75 Å². The molecule has 1 saturated heterocycles. The summed E-state index contributed by atoms with van der Waals surface area (Å²) in [5, 5.41) is 22.5. The Hall–Kier alpha value is -3.55. The molecule has 4 unspecified atom stereocenters. The van der Waals surface area contributed by atoms with Crippen molar-refractivity contribution in [2.45, 2.75) is 109 Å². The summed E-state index contributed by atoms with van der Waals surface area (Å²) in [6.45, 7) is 6.29. The third kappa shape index (κ3) is 13.5. The van der Waals surface area contributed by atoms with Crippen LogP contribution in [0.2, 0.25) is 0 Å². The second-order valence-electron chi connectivity index (χ2n) is 14.4. The average molecular weight is 742 g/mol.